The fraction of sp³-hybridized carbons (Fsp3) is 0.167. The van der Waals surface area contributed by atoms with Crippen LogP contribution in [-0.2, 0) is 11.2 Å². The van der Waals surface area contributed by atoms with E-state index in [4.69, 9.17) is 4.74 Å². The minimum absolute atomic E-state index is 0.106. The average molecular weight is 264 g/mol. The second-order valence-corrected chi connectivity index (χ2v) is 5.04. The molecule has 1 aliphatic heterocycles. The van der Waals surface area contributed by atoms with E-state index in [-0.39, 0.29) is 11.9 Å². The monoisotopic (exact) mass is 264 g/mol. The Hall–Kier alpha value is -2.35. The minimum atomic E-state index is -0.148. The Morgan fingerprint density at radius 3 is 2.70 bits per heavy atom. The highest BCUT2D eigenvalue weighted by Crippen LogP contribution is 2.33. The van der Waals surface area contributed by atoms with Gasteiger partial charge in [0.2, 0.25) is 0 Å². The zero-order chi connectivity index (χ0) is 13.9. The Bertz CT molecular complexity index is 644. The predicted octanol–water partition coefficient (Wildman–Crippen LogP) is 4.01. The molecule has 100 valence electrons. The summed E-state index contributed by atoms with van der Waals surface area (Å²) >= 11 is 0. The van der Waals surface area contributed by atoms with Crippen LogP contribution in [0.5, 0.6) is 5.75 Å². The predicted molar refractivity (Wildman–Crippen MR) is 79.5 cm³/mol. The lowest BCUT2D eigenvalue weighted by atomic mass is 9.91. The maximum atomic E-state index is 11.8. The van der Waals surface area contributed by atoms with Crippen LogP contribution in [-0.4, -0.2) is 5.97 Å². The molecule has 0 aromatic heterocycles. The van der Waals surface area contributed by atoms with Crippen molar-refractivity contribution in [3.8, 4) is 16.9 Å². The third-order valence-corrected chi connectivity index (χ3v) is 3.63. The Kier molecular flexibility index (Phi) is 3.38. The molecular formula is C18H16O2. The van der Waals surface area contributed by atoms with Crippen LogP contribution in [0.25, 0.3) is 11.1 Å². The van der Waals surface area contributed by atoms with Gasteiger partial charge in [-0.1, -0.05) is 42.5 Å². The maximum absolute atomic E-state index is 11.8. The quantitative estimate of drug-likeness (QED) is 0.475. The summed E-state index contributed by atoms with van der Waals surface area (Å²) in [5, 5.41) is 0. The zero-order valence-corrected chi connectivity index (χ0v) is 11.2. The van der Waals surface area contributed by atoms with Crippen LogP contribution >= 0.6 is 0 Å². The average Bonchev–Trinajstić information content (AvgIpc) is 2.49. The minimum Gasteiger partial charge on any atom is -0.426 e. The molecule has 2 heteroatoms. The highest BCUT2D eigenvalue weighted by atomic mass is 16.5. The largest absolute Gasteiger partial charge is 0.426 e. The van der Waals surface area contributed by atoms with Gasteiger partial charge in [0.15, 0.2) is 0 Å². The normalized spacial score (nSPS) is 17.2. The molecule has 1 aliphatic rings. The summed E-state index contributed by atoms with van der Waals surface area (Å²) < 4.78 is 5.40. The molecule has 1 atom stereocenters. The van der Waals surface area contributed by atoms with Gasteiger partial charge in [-0.15, -0.1) is 6.58 Å². The number of hydrogen-bond donors (Lipinski definition) is 0. The van der Waals surface area contributed by atoms with Gasteiger partial charge in [-0.2, -0.15) is 0 Å². The van der Waals surface area contributed by atoms with Gasteiger partial charge in [0, 0.05) is 0 Å². The number of allylic oxidation sites excluding steroid dienone is 1. The molecule has 0 saturated carbocycles. The molecule has 2 aromatic rings. The number of rotatable bonds is 3. The number of carbonyl (C=O) groups excluding carboxylic acids is 1. The molecule has 0 bridgehead atoms. The van der Waals surface area contributed by atoms with E-state index in [1.165, 1.54) is 5.56 Å². The summed E-state index contributed by atoms with van der Waals surface area (Å²) in [6.07, 6.45) is 3.16. The van der Waals surface area contributed by atoms with Gasteiger partial charge in [0.05, 0.1) is 5.92 Å². The summed E-state index contributed by atoms with van der Waals surface area (Å²) in [4.78, 5) is 11.8. The van der Waals surface area contributed by atoms with Crippen molar-refractivity contribution in [2.75, 3.05) is 0 Å². The molecule has 0 aliphatic carbocycles. The highest BCUT2D eigenvalue weighted by Gasteiger charge is 2.27. The van der Waals surface area contributed by atoms with Crippen LogP contribution < -0.4 is 4.74 Å². The molecule has 0 amide bonds. The van der Waals surface area contributed by atoms with E-state index in [1.54, 1.807) is 6.08 Å². The van der Waals surface area contributed by atoms with E-state index in [0.717, 1.165) is 17.5 Å². The first kappa shape index (κ1) is 12.7. The summed E-state index contributed by atoms with van der Waals surface area (Å²) in [5.41, 5.74) is 3.42. The molecule has 2 aromatic carbocycles. The number of fused-ring (bicyclic) bond motifs is 1. The summed E-state index contributed by atoms with van der Waals surface area (Å²) in [7, 11) is 0. The standard InChI is InChI=1S/C18H16O2/c1-2-6-15-12-16-11-14(13-7-4-3-5-8-13)9-10-17(16)20-18(15)19/h2-5,7-11,15H,1,6,12H2. The Balaban J connectivity index is 1.95. The van der Waals surface area contributed by atoms with Gasteiger partial charge in [-0.25, -0.2) is 0 Å². The molecule has 0 spiro atoms. The van der Waals surface area contributed by atoms with Gasteiger partial charge in [-0.3, -0.25) is 4.79 Å². The number of esters is 1. The maximum Gasteiger partial charge on any atom is 0.314 e. The van der Waals surface area contributed by atoms with Gasteiger partial charge in [-0.05, 0) is 41.7 Å². The topological polar surface area (TPSA) is 26.3 Å². The molecule has 0 radical (unpaired) electrons. The van der Waals surface area contributed by atoms with Crippen LogP contribution in [0.1, 0.15) is 12.0 Å². The Morgan fingerprint density at radius 2 is 1.95 bits per heavy atom. The highest BCUT2D eigenvalue weighted by molar-refractivity contribution is 5.79. The third kappa shape index (κ3) is 2.37. The van der Waals surface area contributed by atoms with E-state index >= 15 is 0 Å². The molecule has 0 saturated heterocycles. The second-order valence-electron chi connectivity index (χ2n) is 5.04. The van der Waals surface area contributed by atoms with E-state index in [2.05, 4.69) is 24.8 Å². The van der Waals surface area contributed by atoms with Crippen LogP contribution in [0.3, 0.4) is 0 Å². The molecule has 3 rings (SSSR count). The Morgan fingerprint density at radius 1 is 1.15 bits per heavy atom. The van der Waals surface area contributed by atoms with Crippen molar-refractivity contribution in [1.82, 2.24) is 0 Å². The summed E-state index contributed by atoms with van der Waals surface area (Å²) in [6.45, 7) is 3.70. The van der Waals surface area contributed by atoms with Crippen molar-refractivity contribution in [2.24, 2.45) is 5.92 Å². The van der Waals surface area contributed by atoms with Gasteiger partial charge in [0.1, 0.15) is 5.75 Å². The van der Waals surface area contributed by atoms with Gasteiger partial charge < -0.3 is 4.74 Å². The molecule has 1 unspecified atom stereocenters. The number of benzene rings is 2. The molecule has 1 heterocycles. The summed E-state index contributed by atoms with van der Waals surface area (Å²) in [5.74, 6) is 0.436. The van der Waals surface area contributed by atoms with Crippen LogP contribution in [0.4, 0.5) is 0 Å². The van der Waals surface area contributed by atoms with Gasteiger partial charge >= 0.3 is 5.97 Å². The van der Waals surface area contributed by atoms with E-state index in [9.17, 15) is 4.79 Å². The van der Waals surface area contributed by atoms with Crippen molar-refractivity contribution in [2.45, 2.75) is 12.8 Å². The molecule has 20 heavy (non-hydrogen) atoms. The fourth-order valence-corrected chi connectivity index (χ4v) is 2.57. The SMILES string of the molecule is C=CCC1Cc2cc(-c3ccccc3)ccc2OC1=O. The number of ether oxygens (including phenoxy) is 1. The summed E-state index contributed by atoms with van der Waals surface area (Å²) in [6, 6.07) is 16.2. The lowest BCUT2D eigenvalue weighted by Crippen LogP contribution is -2.27. The first-order valence-corrected chi connectivity index (χ1v) is 6.79. The van der Waals surface area contributed by atoms with Crippen LogP contribution in [0.2, 0.25) is 0 Å². The Labute approximate surface area is 118 Å². The fourth-order valence-electron chi connectivity index (χ4n) is 2.57. The van der Waals surface area contributed by atoms with Gasteiger partial charge in [0.25, 0.3) is 0 Å². The first-order chi connectivity index (χ1) is 9.78. The van der Waals surface area contributed by atoms with E-state index < -0.39 is 0 Å². The van der Waals surface area contributed by atoms with Crippen molar-refractivity contribution in [3.05, 3.63) is 66.7 Å². The molecular weight excluding hydrogens is 248 g/mol. The van der Waals surface area contributed by atoms with Crippen LogP contribution in [0, 0.1) is 5.92 Å². The van der Waals surface area contributed by atoms with Crippen LogP contribution in [0.15, 0.2) is 61.2 Å². The van der Waals surface area contributed by atoms with Crippen molar-refractivity contribution < 1.29 is 9.53 Å². The van der Waals surface area contributed by atoms with E-state index in [0.29, 0.717) is 12.2 Å². The lowest BCUT2D eigenvalue weighted by molar-refractivity contribution is -0.140. The van der Waals surface area contributed by atoms with Crippen molar-refractivity contribution in [3.63, 3.8) is 0 Å². The molecule has 2 nitrogen and oxygen atoms in total. The second kappa shape index (κ2) is 5.33. The molecule has 0 fully saturated rings. The zero-order valence-electron chi connectivity index (χ0n) is 11.2. The smallest absolute Gasteiger partial charge is 0.314 e. The van der Waals surface area contributed by atoms with E-state index in [1.807, 2.05) is 30.3 Å². The first-order valence-electron chi connectivity index (χ1n) is 6.79. The van der Waals surface area contributed by atoms with Crippen molar-refractivity contribution >= 4 is 5.97 Å². The molecule has 0 N–H and O–H groups in total. The third-order valence-electron chi connectivity index (χ3n) is 3.63. The number of carbonyl (C=O) groups is 1. The lowest BCUT2D eigenvalue weighted by Gasteiger charge is -2.23. The van der Waals surface area contributed by atoms with Crippen molar-refractivity contribution in [1.29, 1.82) is 0 Å². The number of hydrogen-bond acceptors (Lipinski definition) is 2.